The third-order valence-electron chi connectivity index (χ3n) is 6.01. The van der Waals surface area contributed by atoms with Crippen LogP contribution < -0.4 is 0 Å². The summed E-state index contributed by atoms with van der Waals surface area (Å²) in [6.07, 6.45) is 6.12. The lowest BCUT2D eigenvalue weighted by Crippen LogP contribution is -2.50. The molecular formula is C20H25N3O. The first-order valence-corrected chi connectivity index (χ1v) is 9.25. The molecule has 3 saturated heterocycles. The third kappa shape index (κ3) is 3.06. The SMILES string of the molecule is N#Cc1cccc(CN2C[C@@H]3CC[C@H](C2)N(CC2CCC2)C3=O)c1. The van der Waals surface area contributed by atoms with Gasteiger partial charge in [-0.05, 0) is 49.3 Å². The summed E-state index contributed by atoms with van der Waals surface area (Å²) in [7, 11) is 0. The van der Waals surface area contributed by atoms with E-state index in [1.165, 1.54) is 24.8 Å². The van der Waals surface area contributed by atoms with Gasteiger partial charge in [0.25, 0.3) is 0 Å². The van der Waals surface area contributed by atoms with Gasteiger partial charge in [0, 0.05) is 32.2 Å². The Kier molecular flexibility index (Phi) is 4.28. The van der Waals surface area contributed by atoms with Crippen LogP contribution in [0.5, 0.6) is 0 Å². The third-order valence-corrected chi connectivity index (χ3v) is 6.01. The van der Waals surface area contributed by atoms with E-state index in [1.54, 1.807) is 0 Å². The van der Waals surface area contributed by atoms with Crippen molar-refractivity contribution in [3.63, 3.8) is 0 Å². The summed E-state index contributed by atoms with van der Waals surface area (Å²) < 4.78 is 0. The molecule has 0 aromatic heterocycles. The largest absolute Gasteiger partial charge is 0.338 e. The summed E-state index contributed by atoms with van der Waals surface area (Å²) in [5.74, 6) is 1.31. The van der Waals surface area contributed by atoms with Crippen molar-refractivity contribution >= 4 is 5.91 Å². The van der Waals surface area contributed by atoms with Crippen molar-refractivity contribution in [3.8, 4) is 6.07 Å². The average Bonchev–Trinajstić information content (AvgIpc) is 2.82. The van der Waals surface area contributed by atoms with Gasteiger partial charge in [-0.3, -0.25) is 9.69 Å². The van der Waals surface area contributed by atoms with Crippen LogP contribution in [0.15, 0.2) is 24.3 Å². The van der Waals surface area contributed by atoms with Crippen molar-refractivity contribution in [1.29, 1.82) is 5.26 Å². The smallest absolute Gasteiger partial charge is 0.227 e. The molecule has 3 heterocycles. The van der Waals surface area contributed by atoms with E-state index in [-0.39, 0.29) is 5.92 Å². The molecule has 2 atom stereocenters. The highest BCUT2D eigenvalue weighted by Gasteiger charge is 2.41. The second kappa shape index (κ2) is 6.57. The molecule has 1 saturated carbocycles. The van der Waals surface area contributed by atoms with Gasteiger partial charge in [-0.2, -0.15) is 5.26 Å². The summed E-state index contributed by atoms with van der Waals surface area (Å²) in [5.41, 5.74) is 1.89. The molecule has 3 aliphatic heterocycles. The van der Waals surface area contributed by atoms with Gasteiger partial charge in [0.1, 0.15) is 0 Å². The molecule has 1 amide bonds. The van der Waals surface area contributed by atoms with Crippen LogP contribution in [0.25, 0.3) is 0 Å². The average molecular weight is 323 g/mol. The van der Waals surface area contributed by atoms with Crippen LogP contribution in [0.4, 0.5) is 0 Å². The zero-order valence-electron chi connectivity index (χ0n) is 14.2. The molecule has 4 aliphatic rings. The Morgan fingerprint density at radius 2 is 2.04 bits per heavy atom. The van der Waals surface area contributed by atoms with Gasteiger partial charge in [0.15, 0.2) is 0 Å². The fourth-order valence-electron chi connectivity index (χ4n) is 4.45. The Morgan fingerprint density at radius 1 is 1.17 bits per heavy atom. The Morgan fingerprint density at radius 3 is 2.79 bits per heavy atom. The molecule has 0 unspecified atom stereocenters. The van der Waals surface area contributed by atoms with Gasteiger partial charge in [-0.25, -0.2) is 0 Å². The summed E-state index contributed by atoms with van der Waals surface area (Å²) in [4.78, 5) is 17.5. The number of carbonyl (C=O) groups excluding carboxylic acids is 1. The van der Waals surface area contributed by atoms with E-state index in [4.69, 9.17) is 5.26 Å². The summed E-state index contributed by atoms with van der Waals surface area (Å²) in [6.45, 7) is 3.67. The Bertz CT molecular complexity index is 661. The predicted molar refractivity (Wildman–Crippen MR) is 92.0 cm³/mol. The molecule has 2 bridgehead atoms. The van der Waals surface area contributed by atoms with Crippen LogP contribution in [-0.4, -0.2) is 41.4 Å². The fourth-order valence-corrected chi connectivity index (χ4v) is 4.45. The Labute approximate surface area is 144 Å². The number of rotatable bonds is 4. The van der Waals surface area contributed by atoms with Crippen molar-refractivity contribution in [1.82, 2.24) is 9.80 Å². The van der Waals surface area contributed by atoms with Crippen molar-refractivity contribution in [2.24, 2.45) is 11.8 Å². The molecule has 4 fully saturated rings. The van der Waals surface area contributed by atoms with Gasteiger partial charge < -0.3 is 4.90 Å². The quantitative estimate of drug-likeness (QED) is 0.856. The minimum absolute atomic E-state index is 0.169. The van der Waals surface area contributed by atoms with E-state index in [0.717, 1.165) is 44.9 Å². The van der Waals surface area contributed by atoms with Crippen LogP contribution >= 0.6 is 0 Å². The molecule has 0 spiro atoms. The van der Waals surface area contributed by atoms with Gasteiger partial charge in [-0.15, -0.1) is 0 Å². The number of benzene rings is 1. The Hall–Kier alpha value is -1.86. The lowest BCUT2D eigenvalue weighted by atomic mass is 9.83. The monoisotopic (exact) mass is 323 g/mol. The van der Waals surface area contributed by atoms with E-state index in [0.29, 0.717) is 17.5 Å². The second-order valence-corrected chi connectivity index (χ2v) is 7.72. The molecule has 1 aromatic carbocycles. The van der Waals surface area contributed by atoms with Crippen LogP contribution in [0.1, 0.15) is 43.2 Å². The Balaban J connectivity index is 1.47. The van der Waals surface area contributed by atoms with E-state index in [1.807, 2.05) is 18.2 Å². The number of nitrogens with zero attached hydrogens (tertiary/aromatic N) is 3. The maximum atomic E-state index is 12.8. The summed E-state index contributed by atoms with van der Waals surface area (Å²) in [5, 5.41) is 9.07. The zero-order chi connectivity index (χ0) is 16.5. The minimum atomic E-state index is 0.169. The van der Waals surface area contributed by atoms with Gasteiger partial charge >= 0.3 is 0 Å². The van der Waals surface area contributed by atoms with E-state index < -0.39 is 0 Å². The number of carbonyl (C=O) groups is 1. The lowest BCUT2D eigenvalue weighted by Gasteiger charge is -2.40. The van der Waals surface area contributed by atoms with Crippen molar-refractivity contribution in [2.45, 2.75) is 44.7 Å². The molecule has 4 nitrogen and oxygen atoms in total. The first-order valence-electron chi connectivity index (χ1n) is 9.25. The van der Waals surface area contributed by atoms with E-state index in [9.17, 15) is 4.79 Å². The number of amides is 1. The van der Waals surface area contributed by atoms with E-state index >= 15 is 0 Å². The highest BCUT2D eigenvalue weighted by atomic mass is 16.2. The molecule has 0 N–H and O–H groups in total. The highest BCUT2D eigenvalue weighted by Crippen LogP contribution is 2.34. The molecule has 1 aromatic rings. The minimum Gasteiger partial charge on any atom is -0.338 e. The molecular weight excluding hydrogens is 298 g/mol. The normalized spacial score (nSPS) is 27.6. The number of piperidine rings is 1. The van der Waals surface area contributed by atoms with Crippen LogP contribution in [-0.2, 0) is 11.3 Å². The molecule has 126 valence electrons. The predicted octanol–water partition coefficient (Wildman–Crippen LogP) is 2.78. The van der Waals surface area contributed by atoms with Gasteiger partial charge in [-0.1, -0.05) is 18.6 Å². The van der Waals surface area contributed by atoms with Crippen LogP contribution in [0.3, 0.4) is 0 Å². The van der Waals surface area contributed by atoms with Gasteiger partial charge in [0.2, 0.25) is 5.91 Å². The molecule has 0 radical (unpaired) electrons. The maximum absolute atomic E-state index is 12.8. The standard InChI is InChI=1S/C20H25N3O/c21-10-16-5-2-6-17(9-16)11-22-13-18-7-8-19(14-22)23(20(18)24)12-15-3-1-4-15/h2,5-6,9,15,18-19H,1,3-4,7-8,11-14H2/t18-,19+/m0/s1. The molecule has 1 aliphatic carbocycles. The van der Waals surface area contributed by atoms with Gasteiger partial charge in [0.05, 0.1) is 17.6 Å². The van der Waals surface area contributed by atoms with E-state index in [2.05, 4.69) is 21.9 Å². The lowest BCUT2D eigenvalue weighted by molar-refractivity contribution is -0.141. The van der Waals surface area contributed by atoms with Crippen molar-refractivity contribution < 1.29 is 4.79 Å². The summed E-state index contributed by atoms with van der Waals surface area (Å²) >= 11 is 0. The maximum Gasteiger partial charge on any atom is 0.227 e. The highest BCUT2D eigenvalue weighted by molar-refractivity contribution is 5.80. The molecule has 5 rings (SSSR count). The zero-order valence-corrected chi connectivity index (χ0v) is 14.2. The first kappa shape index (κ1) is 15.7. The first-order chi connectivity index (χ1) is 11.7. The van der Waals surface area contributed by atoms with Crippen LogP contribution in [0, 0.1) is 23.2 Å². The fraction of sp³-hybridized carbons (Fsp3) is 0.600. The van der Waals surface area contributed by atoms with Crippen molar-refractivity contribution in [2.75, 3.05) is 19.6 Å². The topological polar surface area (TPSA) is 47.3 Å². The van der Waals surface area contributed by atoms with Crippen molar-refractivity contribution in [3.05, 3.63) is 35.4 Å². The van der Waals surface area contributed by atoms with Crippen LogP contribution in [0.2, 0.25) is 0 Å². The second-order valence-electron chi connectivity index (χ2n) is 7.72. The number of hydrogen-bond donors (Lipinski definition) is 0. The number of hydrogen-bond acceptors (Lipinski definition) is 3. The molecule has 24 heavy (non-hydrogen) atoms. The molecule has 4 heteroatoms. The summed E-state index contributed by atoms with van der Waals surface area (Å²) in [6, 6.07) is 10.5. The number of fused-ring (bicyclic) bond motifs is 4. The number of nitriles is 1.